The molecule has 0 aromatic heterocycles. The third-order valence-corrected chi connectivity index (χ3v) is 4.52. The summed E-state index contributed by atoms with van der Waals surface area (Å²) in [4.78, 5) is 9.90. The van der Waals surface area contributed by atoms with E-state index in [1.165, 1.54) is 12.1 Å². The molecule has 0 aliphatic heterocycles. The smallest absolute Gasteiger partial charge is 0.263 e. The van der Waals surface area contributed by atoms with Gasteiger partial charge in [0.2, 0.25) is 0 Å². The average molecular weight is 315 g/mol. The predicted molar refractivity (Wildman–Crippen MR) is 79.6 cm³/mol. The van der Waals surface area contributed by atoms with Gasteiger partial charge in [0.05, 0.1) is 15.9 Å². The summed E-state index contributed by atoms with van der Waals surface area (Å²) in [7, 11) is -3.87. The van der Waals surface area contributed by atoms with Crippen molar-refractivity contribution in [2.45, 2.75) is 57.0 Å². The van der Waals surface area contributed by atoms with Crippen LogP contribution in [0.25, 0.3) is 0 Å². The van der Waals surface area contributed by atoms with Crippen molar-refractivity contribution in [1.82, 2.24) is 0 Å². The highest BCUT2D eigenvalue weighted by atomic mass is 32.2. The summed E-state index contributed by atoms with van der Waals surface area (Å²) in [6, 6.07) is 4.69. The Bertz CT molecular complexity index is 553. The van der Waals surface area contributed by atoms with Crippen LogP contribution in [0.2, 0.25) is 0 Å². The third kappa shape index (κ3) is 5.81. The van der Waals surface area contributed by atoms with Crippen molar-refractivity contribution in [1.29, 1.82) is 0 Å². The van der Waals surface area contributed by atoms with Gasteiger partial charge < -0.3 is 0 Å². The Balaban J connectivity index is 2.62. The van der Waals surface area contributed by atoms with E-state index in [1.54, 1.807) is 6.92 Å². The van der Waals surface area contributed by atoms with Crippen molar-refractivity contribution in [2.75, 3.05) is 0 Å². The number of nitrogens with zero attached hydrogens (tertiary/aromatic N) is 1. The summed E-state index contributed by atoms with van der Waals surface area (Å²) < 4.78 is 29.1. The van der Waals surface area contributed by atoms with Crippen LogP contribution in [0.4, 0.5) is 5.69 Å². The van der Waals surface area contributed by atoms with Crippen molar-refractivity contribution >= 4 is 15.8 Å². The van der Waals surface area contributed by atoms with E-state index in [0.717, 1.165) is 37.8 Å². The van der Waals surface area contributed by atoms with E-state index in [9.17, 15) is 18.5 Å². The van der Waals surface area contributed by atoms with E-state index in [4.69, 9.17) is 4.18 Å². The van der Waals surface area contributed by atoms with Crippen LogP contribution in [0.1, 0.15) is 46.0 Å². The Labute approximate surface area is 125 Å². The highest BCUT2D eigenvalue weighted by Crippen LogP contribution is 2.20. The van der Waals surface area contributed by atoms with Crippen LogP contribution in [0.5, 0.6) is 0 Å². The minimum Gasteiger partial charge on any atom is -0.263 e. The SMILES string of the molecule is CCCCCC[C@H](C)OS(=O)(=O)c1ccc([N+](=O)[O-])cc1. The number of non-ortho nitro benzene ring substituents is 1. The fraction of sp³-hybridized carbons (Fsp3) is 0.571. The molecule has 118 valence electrons. The summed E-state index contributed by atoms with van der Waals surface area (Å²) in [5.41, 5.74) is -0.151. The van der Waals surface area contributed by atoms with Crippen LogP contribution in [0.3, 0.4) is 0 Å². The Morgan fingerprint density at radius 3 is 2.33 bits per heavy atom. The first kappa shape index (κ1) is 17.6. The van der Waals surface area contributed by atoms with Crippen LogP contribution in [0.15, 0.2) is 29.2 Å². The van der Waals surface area contributed by atoms with E-state index < -0.39 is 21.1 Å². The van der Waals surface area contributed by atoms with Gasteiger partial charge in [-0.15, -0.1) is 0 Å². The number of nitro groups is 1. The molecule has 0 saturated heterocycles. The minimum atomic E-state index is -3.87. The zero-order chi connectivity index (χ0) is 15.9. The number of hydrogen-bond donors (Lipinski definition) is 0. The van der Waals surface area contributed by atoms with Crippen molar-refractivity contribution in [3.8, 4) is 0 Å². The number of rotatable bonds is 9. The molecule has 0 aliphatic carbocycles. The molecule has 1 rings (SSSR count). The maximum absolute atomic E-state index is 12.0. The fourth-order valence-electron chi connectivity index (χ4n) is 1.91. The largest absolute Gasteiger partial charge is 0.297 e. The molecule has 0 heterocycles. The lowest BCUT2D eigenvalue weighted by molar-refractivity contribution is -0.384. The minimum absolute atomic E-state index is 0.0616. The van der Waals surface area contributed by atoms with Crippen LogP contribution in [0, 0.1) is 10.1 Å². The molecule has 0 saturated carbocycles. The molecule has 0 spiro atoms. The van der Waals surface area contributed by atoms with Crippen molar-refractivity contribution in [3.63, 3.8) is 0 Å². The molecule has 7 heteroatoms. The molecule has 1 aromatic rings. The number of hydrogen-bond acceptors (Lipinski definition) is 5. The second kappa shape index (κ2) is 8.09. The van der Waals surface area contributed by atoms with Crippen LogP contribution in [-0.4, -0.2) is 19.4 Å². The van der Waals surface area contributed by atoms with Gasteiger partial charge in [0.15, 0.2) is 0 Å². The molecule has 21 heavy (non-hydrogen) atoms. The first-order valence-corrected chi connectivity index (χ1v) is 8.45. The molecule has 0 fully saturated rings. The van der Waals surface area contributed by atoms with Gasteiger partial charge in [-0.1, -0.05) is 32.6 Å². The van der Waals surface area contributed by atoms with Crippen molar-refractivity contribution in [2.24, 2.45) is 0 Å². The molecular formula is C14H21NO5S. The molecule has 0 unspecified atom stereocenters. The Kier molecular flexibility index (Phi) is 6.77. The summed E-state index contributed by atoms with van der Waals surface area (Å²) in [6.07, 6.45) is 4.50. The van der Waals surface area contributed by atoms with Crippen molar-refractivity contribution < 1.29 is 17.5 Å². The molecule has 0 bridgehead atoms. The van der Waals surface area contributed by atoms with Gasteiger partial charge in [-0.3, -0.25) is 14.3 Å². The van der Waals surface area contributed by atoms with Gasteiger partial charge in [-0.2, -0.15) is 8.42 Å². The number of benzene rings is 1. The van der Waals surface area contributed by atoms with Gasteiger partial charge in [-0.05, 0) is 25.5 Å². The Morgan fingerprint density at radius 2 is 1.81 bits per heavy atom. The molecule has 1 aromatic carbocycles. The molecule has 1 atom stereocenters. The highest BCUT2D eigenvalue weighted by Gasteiger charge is 2.20. The molecule has 0 amide bonds. The lowest BCUT2D eigenvalue weighted by Gasteiger charge is -2.12. The lowest BCUT2D eigenvalue weighted by Crippen LogP contribution is -2.15. The quantitative estimate of drug-likeness (QED) is 0.300. The standard InChI is InChI=1S/C14H21NO5S/c1-3-4-5-6-7-12(2)20-21(18,19)14-10-8-13(9-11-14)15(16)17/h8-12H,3-7H2,1-2H3/t12-/m0/s1. The number of unbranched alkanes of at least 4 members (excludes halogenated alkanes) is 3. The van der Waals surface area contributed by atoms with E-state index in [-0.39, 0.29) is 10.6 Å². The van der Waals surface area contributed by atoms with Gasteiger partial charge in [-0.25, -0.2) is 0 Å². The molecule has 0 aliphatic rings. The van der Waals surface area contributed by atoms with Gasteiger partial charge in [0.25, 0.3) is 15.8 Å². The first-order valence-electron chi connectivity index (χ1n) is 7.04. The van der Waals surface area contributed by atoms with Gasteiger partial charge in [0, 0.05) is 12.1 Å². The molecule has 6 nitrogen and oxygen atoms in total. The maximum atomic E-state index is 12.0. The molecule has 0 N–H and O–H groups in total. The second-order valence-corrected chi connectivity index (χ2v) is 6.53. The Morgan fingerprint density at radius 1 is 1.19 bits per heavy atom. The van der Waals surface area contributed by atoms with Crippen molar-refractivity contribution in [3.05, 3.63) is 34.4 Å². The van der Waals surface area contributed by atoms with Crippen LogP contribution < -0.4 is 0 Å². The fourth-order valence-corrected chi connectivity index (χ4v) is 3.02. The summed E-state index contributed by atoms with van der Waals surface area (Å²) in [6.45, 7) is 3.83. The average Bonchev–Trinajstić information content (AvgIpc) is 2.43. The van der Waals surface area contributed by atoms with E-state index >= 15 is 0 Å². The zero-order valence-electron chi connectivity index (χ0n) is 12.3. The van der Waals surface area contributed by atoms with Gasteiger partial charge >= 0.3 is 0 Å². The highest BCUT2D eigenvalue weighted by molar-refractivity contribution is 7.86. The monoisotopic (exact) mass is 315 g/mol. The molecule has 0 radical (unpaired) electrons. The zero-order valence-corrected chi connectivity index (χ0v) is 13.1. The Hall–Kier alpha value is -1.47. The normalized spacial score (nSPS) is 13.0. The topological polar surface area (TPSA) is 86.5 Å². The predicted octanol–water partition coefficient (Wildman–Crippen LogP) is 3.66. The van der Waals surface area contributed by atoms with Crippen LogP contribution in [-0.2, 0) is 14.3 Å². The second-order valence-electron chi connectivity index (χ2n) is 4.96. The number of nitro benzene ring substituents is 1. The third-order valence-electron chi connectivity index (χ3n) is 3.09. The van der Waals surface area contributed by atoms with Crippen LogP contribution >= 0.6 is 0 Å². The first-order chi connectivity index (χ1) is 9.86. The molecular weight excluding hydrogens is 294 g/mol. The summed E-state index contributed by atoms with van der Waals surface area (Å²) >= 11 is 0. The van der Waals surface area contributed by atoms with Gasteiger partial charge in [0.1, 0.15) is 0 Å². The summed E-state index contributed by atoms with van der Waals surface area (Å²) in [5, 5.41) is 10.5. The maximum Gasteiger partial charge on any atom is 0.297 e. The van der Waals surface area contributed by atoms with E-state index in [0.29, 0.717) is 6.42 Å². The van der Waals surface area contributed by atoms with E-state index in [2.05, 4.69) is 6.92 Å². The lowest BCUT2D eigenvalue weighted by atomic mass is 10.1. The summed E-state index contributed by atoms with van der Waals surface area (Å²) in [5.74, 6) is 0. The van der Waals surface area contributed by atoms with E-state index in [1.807, 2.05) is 0 Å².